The summed E-state index contributed by atoms with van der Waals surface area (Å²) in [5.74, 6) is 0. The van der Waals surface area contributed by atoms with E-state index in [1.165, 1.54) is 0 Å². The standard InChI is InChI=1S/C10H20N2O2S/c11-9-10(5-1-2-6-10)15(13,14)12-7-3-4-8-12/h1-9,11H2. The second kappa shape index (κ2) is 4.03. The van der Waals surface area contributed by atoms with Gasteiger partial charge in [-0.3, -0.25) is 0 Å². The molecule has 88 valence electrons. The molecule has 0 aromatic carbocycles. The Kier molecular flexibility index (Phi) is 3.05. The van der Waals surface area contributed by atoms with E-state index in [2.05, 4.69) is 0 Å². The Morgan fingerprint density at radius 1 is 1.07 bits per heavy atom. The highest BCUT2D eigenvalue weighted by Crippen LogP contribution is 2.38. The van der Waals surface area contributed by atoms with Gasteiger partial charge in [0, 0.05) is 19.6 Å². The Morgan fingerprint density at radius 2 is 1.60 bits per heavy atom. The molecule has 1 aliphatic carbocycles. The summed E-state index contributed by atoms with van der Waals surface area (Å²) in [6, 6.07) is 0. The highest BCUT2D eigenvalue weighted by molar-refractivity contribution is 7.90. The lowest BCUT2D eigenvalue weighted by Gasteiger charge is -2.31. The minimum absolute atomic E-state index is 0.284. The van der Waals surface area contributed by atoms with Gasteiger partial charge in [-0.2, -0.15) is 0 Å². The van der Waals surface area contributed by atoms with Crippen molar-refractivity contribution in [2.24, 2.45) is 5.73 Å². The predicted octanol–water partition coefficient (Wildman–Crippen LogP) is 0.683. The Bertz CT molecular complexity index is 314. The molecule has 2 N–H and O–H groups in total. The molecular weight excluding hydrogens is 212 g/mol. The van der Waals surface area contributed by atoms with Crippen LogP contribution in [0, 0.1) is 0 Å². The van der Waals surface area contributed by atoms with E-state index in [0.717, 1.165) is 38.5 Å². The van der Waals surface area contributed by atoms with Crippen molar-refractivity contribution in [1.29, 1.82) is 0 Å². The second-order valence-electron chi connectivity index (χ2n) is 4.71. The Balaban J connectivity index is 2.26. The molecule has 0 atom stereocenters. The number of hydrogen-bond donors (Lipinski definition) is 1. The summed E-state index contributed by atoms with van der Waals surface area (Å²) in [5, 5.41) is 0. The van der Waals surface area contributed by atoms with Crippen LogP contribution in [0.25, 0.3) is 0 Å². The Labute approximate surface area is 91.9 Å². The van der Waals surface area contributed by atoms with Gasteiger partial charge in [0.1, 0.15) is 0 Å². The smallest absolute Gasteiger partial charge is 0.221 e. The molecule has 2 fully saturated rings. The third-order valence-corrected chi connectivity index (χ3v) is 6.55. The number of nitrogens with two attached hydrogens (primary N) is 1. The lowest BCUT2D eigenvalue weighted by atomic mass is 10.1. The van der Waals surface area contributed by atoms with Crippen molar-refractivity contribution in [1.82, 2.24) is 4.31 Å². The maximum absolute atomic E-state index is 12.4. The summed E-state index contributed by atoms with van der Waals surface area (Å²) in [5.41, 5.74) is 5.72. The number of sulfonamides is 1. The van der Waals surface area contributed by atoms with Crippen LogP contribution in [0.4, 0.5) is 0 Å². The summed E-state index contributed by atoms with van der Waals surface area (Å²) >= 11 is 0. The maximum Gasteiger partial charge on any atom is 0.221 e. The zero-order valence-corrected chi connectivity index (χ0v) is 9.93. The van der Waals surface area contributed by atoms with E-state index in [-0.39, 0.29) is 6.54 Å². The fourth-order valence-corrected chi connectivity index (χ4v) is 5.09. The van der Waals surface area contributed by atoms with E-state index in [0.29, 0.717) is 13.1 Å². The monoisotopic (exact) mass is 232 g/mol. The van der Waals surface area contributed by atoms with Crippen LogP contribution in [-0.2, 0) is 10.0 Å². The average Bonchev–Trinajstić information content (AvgIpc) is 2.90. The molecule has 2 aliphatic rings. The quantitative estimate of drug-likeness (QED) is 0.778. The predicted molar refractivity (Wildman–Crippen MR) is 60.0 cm³/mol. The molecule has 15 heavy (non-hydrogen) atoms. The Morgan fingerprint density at radius 3 is 2.07 bits per heavy atom. The first-order chi connectivity index (χ1) is 7.12. The summed E-state index contributed by atoms with van der Waals surface area (Å²) < 4.78 is 25.9. The first kappa shape index (κ1) is 11.4. The van der Waals surface area contributed by atoms with E-state index in [1.807, 2.05) is 0 Å². The average molecular weight is 232 g/mol. The van der Waals surface area contributed by atoms with Crippen molar-refractivity contribution < 1.29 is 8.42 Å². The topological polar surface area (TPSA) is 63.4 Å². The summed E-state index contributed by atoms with van der Waals surface area (Å²) in [6.45, 7) is 1.68. The normalized spacial score (nSPS) is 27.3. The lowest BCUT2D eigenvalue weighted by Crippen LogP contribution is -2.50. The number of rotatable bonds is 3. The number of nitrogens with zero attached hydrogens (tertiary/aromatic N) is 1. The fourth-order valence-electron chi connectivity index (χ4n) is 2.79. The SMILES string of the molecule is NCC1(S(=O)(=O)N2CCCC2)CCCC1. The van der Waals surface area contributed by atoms with Crippen molar-refractivity contribution in [3.63, 3.8) is 0 Å². The van der Waals surface area contributed by atoms with Crippen molar-refractivity contribution in [3.8, 4) is 0 Å². The van der Waals surface area contributed by atoms with Gasteiger partial charge < -0.3 is 5.73 Å². The van der Waals surface area contributed by atoms with Gasteiger partial charge in [0.25, 0.3) is 0 Å². The first-order valence-corrected chi connectivity index (χ1v) is 7.26. The molecule has 1 heterocycles. The lowest BCUT2D eigenvalue weighted by molar-refractivity contribution is 0.428. The highest BCUT2D eigenvalue weighted by atomic mass is 32.2. The minimum atomic E-state index is -3.14. The van der Waals surface area contributed by atoms with Crippen molar-refractivity contribution >= 4 is 10.0 Å². The van der Waals surface area contributed by atoms with E-state index in [9.17, 15) is 8.42 Å². The van der Waals surface area contributed by atoms with Crippen LogP contribution in [0.5, 0.6) is 0 Å². The van der Waals surface area contributed by atoms with Gasteiger partial charge in [-0.05, 0) is 25.7 Å². The third-order valence-electron chi connectivity index (χ3n) is 3.84. The maximum atomic E-state index is 12.4. The highest BCUT2D eigenvalue weighted by Gasteiger charge is 2.48. The molecule has 0 bridgehead atoms. The first-order valence-electron chi connectivity index (χ1n) is 5.82. The molecule has 1 aliphatic heterocycles. The van der Waals surface area contributed by atoms with Crippen molar-refractivity contribution in [3.05, 3.63) is 0 Å². The molecule has 0 aromatic heterocycles. The van der Waals surface area contributed by atoms with E-state index in [4.69, 9.17) is 5.73 Å². The third kappa shape index (κ3) is 1.70. The van der Waals surface area contributed by atoms with E-state index in [1.54, 1.807) is 4.31 Å². The summed E-state index contributed by atoms with van der Waals surface area (Å²) in [7, 11) is -3.14. The van der Waals surface area contributed by atoms with Gasteiger partial charge in [0.05, 0.1) is 4.75 Å². The summed E-state index contributed by atoms with van der Waals surface area (Å²) in [4.78, 5) is 0. The molecule has 0 unspecified atom stereocenters. The molecule has 0 aromatic rings. The largest absolute Gasteiger partial charge is 0.329 e. The van der Waals surface area contributed by atoms with Gasteiger partial charge in [-0.1, -0.05) is 12.8 Å². The molecule has 4 nitrogen and oxygen atoms in total. The van der Waals surface area contributed by atoms with Gasteiger partial charge in [0.15, 0.2) is 0 Å². The van der Waals surface area contributed by atoms with E-state index >= 15 is 0 Å². The minimum Gasteiger partial charge on any atom is -0.329 e. The van der Waals surface area contributed by atoms with Crippen molar-refractivity contribution in [2.45, 2.75) is 43.3 Å². The van der Waals surface area contributed by atoms with Gasteiger partial charge in [-0.15, -0.1) is 0 Å². The molecule has 5 heteroatoms. The molecule has 0 spiro atoms. The second-order valence-corrected chi connectivity index (χ2v) is 7.04. The molecule has 2 rings (SSSR count). The van der Waals surface area contributed by atoms with Gasteiger partial charge >= 0.3 is 0 Å². The Hall–Kier alpha value is -0.130. The fraction of sp³-hybridized carbons (Fsp3) is 1.00. The molecule has 0 radical (unpaired) electrons. The van der Waals surface area contributed by atoms with Gasteiger partial charge in [0.2, 0.25) is 10.0 Å². The number of hydrogen-bond acceptors (Lipinski definition) is 3. The van der Waals surface area contributed by atoms with Crippen LogP contribution in [0.2, 0.25) is 0 Å². The molecule has 0 amide bonds. The van der Waals surface area contributed by atoms with Crippen LogP contribution < -0.4 is 5.73 Å². The molecule has 1 saturated carbocycles. The summed E-state index contributed by atoms with van der Waals surface area (Å²) in [6.07, 6.45) is 5.51. The van der Waals surface area contributed by atoms with Crippen molar-refractivity contribution in [2.75, 3.05) is 19.6 Å². The van der Waals surface area contributed by atoms with Crippen LogP contribution in [-0.4, -0.2) is 37.1 Å². The molecule has 1 saturated heterocycles. The van der Waals surface area contributed by atoms with E-state index < -0.39 is 14.8 Å². The zero-order chi connectivity index (χ0) is 10.9. The van der Waals surface area contributed by atoms with Crippen LogP contribution in [0.15, 0.2) is 0 Å². The zero-order valence-electron chi connectivity index (χ0n) is 9.11. The van der Waals surface area contributed by atoms with Crippen LogP contribution in [0.1, 0.15) is 38.5 Å². The molecular formula is C10H20N2O2S. The van der Waals surface area contributed by atoms with Gasteiger partial charge in [-0.25, -0.2) is 12.7 Å². The van der Waals surface area contributed by atoms with Crippen LogP contribution in [0.3, 0.4) is 0 Å². The van der Waals surface area contributed by atoms with Crippen LogP contribution >= 0.6 is 0 Å².